The summed E-state index contributed by atoms with van der Waals surface area (Å²) in [7, 11) is 1.38. The molecule has 3 rings (SSSR count). The van der Waals surface area contributed by atoms with Gasteiger partial charge in [0, 0.05) is 13.5 Å². The summed E-state index contributed by atoms with van der Waals surface area (Å²) >= 11 is 0. The van der Waals surface area contributed by atoms with Crippen LogP contribution in [-0.4, -0.2) is 46.5 Å². The zero-order valence-electron chi connectivity index (χ0n) is 12.5. The maximum Gasteiger partial charge on any atom is 0.262 e. The fourth-order valence-corrected chi connectivity index (χ4v) is 2.95. The molecule has 1 saturated heterocycles. The molecule has 2 aliphatic heterocycles. The summed E-state index contributed by atoms with van der Waals surface area (Å²) in [4.78, 5) is 50.8. The summed E-state index contributed by atoms with van der Waals surface area (Å²) in [6.45, 7) is 1.96. The third kappa shape index (κ3) is 1.94. The predicted molar refractivity (Wildman–Crippen MR) is 77.1 cm³/mol. The SMILES string of the molecule is CCc1ccc2c(c1)C(=O)N(C1CCC(=O)N(C)C1=O)C2=O. The molecule has 0 N–H and O–H groups in total. The molecule has 4 amide bonds. The third-order valence-corrected chi connectivity index (χ3v) is 4.32. The highest BCUT2D eigenvalue weighted by Gasteiger charge is 2.46. The van der Waals surface area contributed by atoms with Gasteiger partial charge in [-0.2, -0.15) is 0 Å². The number of imide groups is 2. The van der Waals surface area contributed by atoms with Crippen molar-refractivity contribution < 1.29 is 19.2 Å². The van der Waals surface area contributed by atoms with Gasteiger partial charge in [0.1, 0.15) is 6.04 Å². The Labute approximate surface area is 127 Å². The summed E-state index contributed by atoms with van der Waals surface area (Å²) in [5.74, 6) is -1.69. The van der Waals surface area contributed by atoms with Crippen LogP contribution >= 0.6 is 0 Å². The lowest BCUT2D eigenvalue weighted by molar-refractivity contribution is -0.149. The van der Waals surface area contributed by atoms with Gasteiger partial charge in [-0.05, 0) is 30.5 Å². The average molecular weight is 300 g/mol. The van der Waals surface area contributed by atoms with Gasteiger partial charge in [0.2, 0.25) is 5.91 Å². The smallest absolute Gasteiger partial charge is 0.262 e. The van der Waals surface area contributed by atoms with E-state index >= 15 is 0 Å². The molecule has 1 atom stereocenters. The van der Waals surface area contributed by atoms with E-state index in [-0.39, 0.29) is 18.7 Å². The molecule has 114 valence electrons. The number of aryl methyl sites for hydroxylation is 1. The fourth-order valence-electron chi connectivity index (χ4n) is 2.95. The van der Waals surface area contributed by atoms with Crippen LogP contribution in [0.3, 0.4) is 0 Å². The Balaban J connectivity index is 1.97. The predicted octanol–water partition coefficient (Wildman–Crippen LogP) is 0.992. The normalized spacial score (nSPS) is 21.6. The van der Waals surface area contributed by atoms with Gasteiger partial charge in [0.05, 0.1) is 11.1 Å². The van der Waals surface area contributed by atoms with Crippen LogP contribution in [0.15, 0.2) is 18.2 Å². The minimum atomic E-state index is -0.889. The number of likely N-dealkylation sites (N-methyl/N-ethyl adjacent to an activating group) is 1. The van der Waals surface area contributed by atoms with Gasteiger partial charge in [-0.25, -0.2) is 0 Å². The van der Waals surface area contributed by atoms with E-state index in [1.165, 1.54) is 7.05 Å². The van der Waals surface area contributed by atoms with Crippen LogP contribution < -0.4 is 0 Å². The largest absolute Gasteiger partial charge is 0.284 e. The Kier molecular flexibility index (Phi) is 3.31. The van der Waals surface area contributed by atoms with Gasteiger partial charge < -0.3 is 0 Å². The number of carbonyl (C=O) groups is 4. The topological polar surface area (TPSA) is 74.8 Å². The Morgan fingerprint density at radius 3 is 2.45 bits per heavy atom. The van der Waals surface area contributed by atoms with Crippen molar-refractivity contribution >= 4 is 23.6 Å². The average Bonchev–Trinajstić information content (AvgIpc) is 2.77. The third-order valence-electron chi connectivity index (χ3n) is 4.32. The van der Waals surface area contributed by atoms with E-state index in [0.717, 1.165) is 21.8 Å². The second kappa shape index (κ2) is 5.05. The molecule has 0 aliphatic carbocycles. The van der Waals surface area contributed by atoms with E-state index in [4.69, 9.17) is 0 Å². The highest BCUT2D eigenvalue weighted by atomic mass is 16.2. The molecule has 0 bridgehead atoms. The van der Waals surface area contributed by atoms with Gasteiger partial charge in [0.25, 0.3) is 17.7 Å². The number of hydrogen-bond acceptors (Lipinski definition) is 4. The maximum atomic E-state index is 12.6. The fraction of sp³-hybridized carbons (Fsp3) is 0.375. The van der Waals surface area contributed by atoms with Crippen molar-refractivity contribution in [2.45, 2.75) is 32.2 Å². The molecule has 2 heterocycles. The molecule has 0 aromatic heterocycles. The lowest BCUT2D eigenvalue weighted by Gasteiger charge is -2.32. The summed E-state index contributed by atoms with van der Waals surface area (Å²) in [5.41, 5.74) is 1.63. The van der Waals surface area contributed by atoms with Crippen molar-refractivity contribution in [2.24, 2.45) is 0 Å². The van der Waals surface area contributed by atoms with E-state index in [9.17, 15) is 19.2 Å². The molecule has 1 unspecified atom stereocenters. The Morgan fingerprint density at radius 2 is 1.77 bits per heavy atom. The van der Waals surface area contributed by atoms with E-state index in [1.807, 2.05) is 13.0 Å². The molecule has 1 fully saturated rings. The molecule has 0 radical (unpaired) electrons. The number of benzene rings is 1. The highest BCUT2D eigenvalue weighted by Crippen LogP contribution is 2.29. The number of fused-ring (bicyclic) bond motifs is 1. The number of likely N-dealkylation sites (tertiary alicyclic amines) is 1. The van der Waals surface area contributed by atoms with Gasteiger partial charge in [0.15, 0.2) is 0 Å². The Morgan fingerprint density at radius 1 is 1.09 bits per heavy atom. The number of hydrogen-bond donors (Lipinski definition) is 0. The van der Waals surface area contributed by atoms with E-state index < -0.39 is 23.8 Å². The Hall–Kier alpha value is -2.50. The molecule has 6 heteroatoms. The number of nitrogens with zero attached hydrogens (tertiary/aromatic N) is 2. The van der Waals surface area contributed by atoms with Crippen molar-refractivity contribution in [2.75, 3.05) is 7.05 Å². The van der Waals surface area contributed by atoms with Gasteiger partial charge in [-0.15, -0.1) is 0 Å². The summed E-state index contributed by atoms with van der Waals surface area (Å²) in [5, 5.41) is 0. The molecule has 1 aromatic carbocycles. The van der Waals surface area contributed by atoms with E-state index in [0.29, 0.717) is 11.1 Å². The molecular formula is C16H16N2O4. The van der Waals surface area contributed by atoms with Crippen LogP contribution in [0.2, 0.25) is 0 Å². The summed E-state index contributed by atoms with van der Waals surface area (Å²) in [6, 6.07) is 4.26. The van der Waals surface area contributed by atoms with Crippen LogP contribution in [0.25, 0.3) is 0 Å². The van der Waals surface area contributed by atoms with Crippen molar-refractivity contribution in [3.8, 4) is 0 Å². The standard InChI is InChI=1S/C16H16N2O4/c1-3-9-4-5-10-11(8-9)15(21)18(14(10)20)12-6-7-13(19)17(2)16(12)22/h4-5,8,12H,3,6-7H2,1-2H3. The van der Waals surface area contributed by atoms with Gasteiger partial charge in [-0.3, -0.25) is 29.0 Å². The molecule has 22 heavy (non-hydrogen) atoms. The zero-order chi connectivity index (χ0) is 16.0. The first-order valence-electron chi connectivity index (χ1n) is 7.27. The van der Waals surface area contributed by atoms with Crippen molar-refractivity contribution in [3.05, 3.63) is 34.9 Å². The zero-order valence-corrected chi connectivity index (χ0v) is 12.5. The van der Waals surface area contributed by atoms with Gasteiger partial charge in [-0.1, -0.05) is 13.0 Å². The van der Waals surface area contributed by atoms with Crippen LogP contribution in [0.4, 0.5) is 0 Å². The lowest BCUT2D eigenvalue weighted by atomic mass is 10.0. The van der Waals surface area contributed by atoms with Gasteiger partial charge >= 0.3 is 0 Å². The number of amides is 4. The second-order valence-corrected chi connectivity index (χ2v) is 5.56. The van der Waals surface area contributed by atoms with Crippen LogP contribution in [-0.2, 0) is 16.0 Å². The van der Waals surface area contributed by atoms with Crippen LogP contribution in [0, 0.1) is 0 Å². The van der Waals surface area contributed by atoms with Crippen molar-refractivity contribution in [1.29, 1.82) is 0 Å². The lowest BCUT2D eigenvalue weighted by Crippen LogP contribution is -2.54. The number of carbonyl (C=O) groups excluding carboxylic acids is 4. The summed E-state index contributed by atoms with van der Waals surface area (Å²) < 4.78 is 0. The quantitative estimate of drug-likeness (QED) is 0.763. The first-order chi connectivity index (χ1) is 10.5. The van der Waals surface area contributed by atoms with Crippen LogP contribution in [0.5, 0.6) is 0 Å². The van der Waals surface area contributed by atoms with E-state index in [2.05, 4.69) is 0 Å². The highest BCUT2D eigenvalue weighted by molar-refractivity contribution is 6.23. The first kappa shape index (κ1) is 14.4. The molecule has 0 saturated carbocycles. The maximum absolute atomic E-state index is 12.6. The minimum absolute atomic E-state index is 0.153. The van der Waals surface area contributed by atoms with Crippen LogP contribution in [0.1, 0.15) is 46.0 Å². The summed E-state index contributed by atoms with van der Waals surface area (Å²) in [6.07, 6.45) is 1.10. The van der Waals surface area contributed by atoms with Crippen molar-refractivity contribution in [1.82, 2.24) is 9.80 Å². The molecule has 2 aliphatic rings. The monoisotopic (exact) mass is 300 g/mol. The number of piperidine rings is 1. The first-order valence-corrected chi connectivity index (χ1v) is 7.27. The molecular weight excluding hydrogens is 284 g/mol. The number of rotatable bonds is 2. The molecule has 0 spiro atoms. The second-order valence-electron chi connectivity index (χ2n) is 5.56. The molecule has 6 nitrogen and oxygen atoms in total. The molecule has 1 aromatic rings. The van der Waals surface area contributed by atoms with E-state index in [1.54, 1.807) is 12.1 Å². The van der Waals surface area contributed by atoms with Crippen molar-refractivity contribution in [3.63, 3.8) is 0 Å². The Bertz CT molecular complexity index is 710. The minimum Gasteiger partial charge on any atom is -0.284 e.